The molecule has 2 aromatic carbocycles. The minimum atomic E-state index is -0.364. The standard InChI is InChI=1S/C25H25FN2O4/c26-20-5-1-4-19(14-20)17-28(25(30)23-7-3-13-32-23)21-10-8-18(9-11-21)15-24(29)27-16-22-6-2-12-31-22/h1,3-5,7-11,13-14,22H,2,6,12,15-17H2,(H,27,29)/t22-/m0/s1. The van der Waals surface area contributed by atoms with E-state index in [-0.39, 0.29) is 42.5 Å². The number of furan rings is 1. The molecular weight excluding hydrogens is 411 g/mol. The molecule has 0 unspecified atom stereocenters. The monoisotopic (exact) mass is 436 g/mol. The van der Waals surface area contributed by atoms with E-state index in [1.807, 2.05) is 12.1 Å². The van der Waals surface area contributed by atoms with Crippen molar-refractivity contribution in [3.63, 3.8) is 0 Å². The molecule has 1 aromatic heterocycles. The van der Waals surface area contributed by atoms with Gasteiger partial charge >= 0.3 is 0 Å². The lowest BCUT2D eigenvalue weighted by Crippen LogP contribution is -2.32. The Labute approximate surface area is 186 Å². The van der Waals surface area contributed by atoms with Gasteiger partial charge in [-0.05, 0) is 60.4 Å². The zero-order valence-corrected chi connectivity index (χ0v) is 17.6. The highest BCUT2D eigenvalue weighted by molar-refractivity contribution is 6.04. The lowest BCUT2D eigenvalue weighted by atomic mass is 10.1. The second kappa shape index (κ2) is 10.2. The Morgan fingerprint density at radius 1 is 1.06 bits per heavy atom. The second-order valence-electron chi connectivity index (χ2n) is 7.78. The molecule has 2 heterocycles. The first-order valence-corrected chi connectivity index (χ1v) is 10.7. The molecule has 3 aromatic rings. The first-order valence-electron chi connectivity index (χ1n) is 10.7. The van der Waals surface area contributed by atoms with Gasteiger partial charge in [-0.2, -0.15) is 0 Å². The van der Waals surface area contributed by atoms with Crippen LogP contribution in [0.25, 0.3) is 0 Å². The number of carbonyl (C=O) groups is 2. The molecule has 0 radical (unpaired) electrons. The Morgan fingerprint density at radius 2 is 1.91 bits per heavy atom. The van der Waals surface area contributed by atoms with E-state index in [0.29, 0.717) is 17.8 Å². The first-order chi connectivity index (χ1) is 15.6. The maximum absolute atomic E-state index is 13.7. The maximum Gasteiger partial charge on any atom is 0.294 e. The fraction of sp³-hybridized carbons (Fsp3) is 0.280. The van der Waals surface area contributed by atoms with Crippen molar-refractivity contribution in [1.82, 2.24) is 5.32 Å². The van der Waals surface area contributed by atoms with Crippen molar-refractivity contribution in [2.24, 2.45) is 0 Å². The quantitative estimate of drug-likeness (QED) is 0.577. The molecule has 0 saturated carbocycles. The van der Waals surface area contributed by atoms with Crippen LogP contribution in [0, 0.1) is 5.82 Å². The summed E-state index contributed by atoms with van der Waals surface area (Å²) in [4.78, 5) is 26.8. The Kier molecular flexibility index (Phi) is 6.97. The predicted molar refractivity (Wildman–Crippen MR) is 118 cm³/mol. The number of hydrogen-bond acceptors (Lipinski definition) is 4. The molecule has 6 nitrogen and oxygen atoms in total. The van der Waals surface area contributed by atoms with Gasteiger partial charge in [0.25, 0.3) is 5.91 Å². The van der Waals surface area contributed by atoms with E-state index in [4.69, 9.17) is 9.15 Å². The van der Waals surface area contributed by atoms with Gasteiger partial charge in [0.05, 0.1) is 25.3 Å². The zero-order valence-electron chi connectivity index (χ0n) is 17.6. The van der Waals surface area contributed by atoms with E-state index in [1.54, 1.807) is 36.4 Å². The largest absolute Gasteiger partial charge is 0.459 e. The van der Waals surface area contributed by atoms with E-state index in [1.165, 1.54) is 23.3 Å². The normalized spacial score (nSPS) is 15.5. The summed E-state index contributed by atoms with van der Waals surface area (Å²) in [7, 11) is 0. The Balaban J connectivity index is 1.45. The topological polar surface area (TPSA) is 71.8 Å². The smallest absolute Gasteiger partial charge is 0.294 e. The molecule has 1 aliphatic heterocycles. The molecule has 7 heteroatoms. The van der Waals surface area contributed by atoms with Gasteiger partial charge in [0.1, 0.15) is 5.82 Å². The average Bonchev–Trinajstić information content (AvgIpc) is 3.51. The van der Waals surface area contributed by atoms with Gasteiger partial charge in [-0.25, -0.2) is 4.39 Å². The second-order valence-corrected chi connectivity index (χ2v) is 7.78. The van der Waals surface area contributed by atoms with Crippen LogP contribution < -0.4 is 10.2 Å². The summed E-state index contributed by atoms with van der Waals surface area (Å²) in [5, 5.41) is 2.91. The third-order valence-corrected chi connectivity index (χ3v) is 5.37. The Bertz CT molecular complexity index is 1040. The molecule has 32 heavy (non-hydrogen) atoms. The highest BCUT2D eigenvalue weighted by Gasteiger charge is 2.21. The van der Waals surface area contributed by atoms with Crippen molar-refractivity contribution in [3.8, 4) is 0 Å². The van der Waals surface area contributed by atoms with E-state index >= 15 is 0 Å². The third-order valence-electron chi connectivity index (χ3n) is 5.37. The highest BCUT2D eigenvalue weighted by atomic mass is 19.1. The van der Waals surface area contributed by atoms with E-state index in [9.17, 15) is 14.0 Å². The van der Waals surface area contributed by atoms with Gasteiger partial charge < -0.3 is 19.4 Å². The summed E-state index contributed by atoms with van der Waals surface area (Å²) in [5.41, 5.74) is 2.11. The minimum absolute atomic E-state index is 0.0727. The molecule has 1 atom stereocenters. The van der Waals surface area contributed by atoms with Gasteiger partial charge in [0.15, 0.2) is 5.76 Å². The van der Waals surface area contributed by atoms with Crippen molar-refractivity contribution in [3.05, 3.63) is 89.6 Å². The first kappa shape index (κ1) is 21.8. The lowest BCUT2D eigenvalue weighted by Gasteiger charge is -2.22. The van der Waals surface area contributed by atoms with Crippen molar-refractivity contribution in [2.75, 3.05) is 18.1 Å². The van der Waals surface area contributed by atoms with Crippen molar-refractivity contribution >= 4 is 17.5 Å². The average molecular weight is 436 g/mol. The molecule has 1 fully saturated rings. The summed E-state index contributed by atoms with van der Waals surface area (Å²) in [6, 6.07) is 16.6. The number of carbonyl (C=O) groups excluding carboxylic acids is 2. The number of nitrogens with zero attached hydrogens (tertiary/aromatic N) is 1. The maximum atomic E-state index is 13.7. The van der Waals surface area contributed by atoms with Gasteiger partial charge in [0, 0.05) is 18.8 Å². The molecule has 1 aliphatic rings. The minimum Gasteiger partial charge on any atom is -0.459 e. The predicted octanol–water partition coefficient (Wildman–Crippen LogP) is 4.10. The summed E-state index contributed by atoms with van der Waals surface area (Å²) in [6.45, 7) is 1.46. The Hall–Kier alpha value is -3.45. The van der Waals surface area contributed by atoms with E-state index in [0.717, 1.165) is 25.0 Å². The molecule has 1 N–H and O–H groups in total. The van der Waals surface area contributed by atoms with Crippen LogP contribution in [0.1, 0.15) is 34.5 Å². The summed E-state index contributed by atoms with van der Waals surface area (Å²) in [6.07, 6.45) is 3.78. The highest BCUT2D eigenvalue weighted by Crippen LogP contribution is 2.22. The van der Waals surface area contributed by atoms with Crippen LogP contribution in [-0.4, -0.2) is 31.1 Å². The summed E-state index contributed by atoms with van der Waals surface area (Å²) < 4.78 is 24.5. The van der Waals surface area contributed by atoms with Crippen LogP contribution in [0.3, 0.4) is 0 Å². The van der Waals surface area contributed by atoms with Crippen LogP contribution >= 0.6 is 0 Å². The summed E-state index contributed by atoms with van der Waals surface area (Å²) in [5.74, 6) is -0.575. The van der Waals surface area contributed by atoms with Gasteiger partial charge in [-0.3, -0.25) is 9.59 Å². The SMILES string of the molecule is O=C(Cc1ccc(N(Cc2cccc(F)c2)C(=O)c2ccco2)cc1)NC[C@@H]1CCCO1. The number of halogens is 1. The number of amides is 2. The van der Waals surface area contributed by atoms with Gasteiger partial charge in [0.2, 0.25) is 5.91 Å². The van der Waals surface area contributed by atoms with E-state index < -0.39 is 0 Å². The van der Waals surface area contributed by atoms with Crippen LogP contribution in [-0.2, 0) is 22.5 Å². The zero-order chi connectivity index (χ0) is 22.3. The molecule has 2 amide bonds. The van der Waals surface area contributed by atoms with Crippen LogP contribution in [0.15, 0.2) is 71.3 Å². The molecule has 166 valence electrons. The number of nitrogens with one attached hydrogen (secondary N) is 1. The molecule has 1 saturated heterocycles. The van der Waals surface area contributed by atoms with Crippen LogP contribution in [0.2, 0.25) is 0 Å². The number of ether oxygens (including phenoxy) is 1. The van der Waals surface area contributed by atoms with Crippen molar-refractivity contribution in [1.29, 1.82) is 0 Å². The van der Waals surface area contributed by atoms with Crippen molar-refractivity contribution in [2.45, 2.75) is 31.9 Å². The molecular formula is C25H25FN2O4. The fourth-order valence-electron chi connectivity index (χ4n) is 3.71. The van der Waals surface area contributed by atoms with Crippen molar-refractivity contribution < 1.29 is 23.1 Å². The molecule has 0 spiro atoms. The Morgan fingerprint density at radius 3 is 2.59 bits per heavy atom. The van der Waals surface area contributed by atoms with Gasteiger partial charge in [-0.1, -0.05) is 24.3 Å². The number of hydrogen-bond donors (Lipinski definition) is 1. The van der Waals surface area contributed by atoms with Gasteiger partial charge in [-0.15, -0.1) is 0 Å². The lowest BCUT2D eigenvalue weighted by molar-refractivity contribution is -0.120. The number of benzene rings is 2. The van der Waals surface area contributed by atoms with Crippen LogP contribution in [0.5, 0.6) is 0 Å². The third kappa shape index (κ3) is 5.62. The summed E-state index contributed by atoms with van der Waals surface area (Å²) >= 11 is 0. The molecule has 4 rings (SSSR count). The van der Waals surface area contributed by atoms with E-state index in [2.05, 4.69) is 5.32 Å². The molecule has 0 bridgehead atoms. The van der Waals surface area contributed by atoms with Crippen LogP contribution in [0.4, 0.5) is 10.1 Å². The molecule has 0 aliphatic carbocycles. The number of rotatable bonds is 8. The number of anilines is 1. The fourth-order valence-corrected chi connectivity index (χ4v) is 3.71.